The van der Waals surface area contributed by atoms with Gasteiger partial charge in [0.1, 0.15) is 0 Å². The van der Waals surface area contributed by atoms with Gasteiger partial charge in [0.05, 0.1) is 42.7 Å². The van der Waals surface area contributed by atoms with Crippen LogP contribution in [-0.4, -0.2) is 42.7 Å². The lowest BCUT2D eigenvalue weighted by Gasteiger charge is -2.40. The van der Waals surface area contributed by atoms with Gasteiger partial charge in [0, 0.05) is 0 Å². The molecule has 0 saturated heterocycles. The van der Waals surface area contributed by atoms with E-state index in [-0.39, 0.29) is 42.7 Å². The van der Waals surface area contributed by atoms with Crippen molar-refractivity contribution in [1.82, 2.24) is 0 Å². The van der Waals surface area contributed by atoms with Gasteiger partial charge in [-0.15, -0.1) is 9.03 Å². The van der Waals surface area contributed by atoms with Crippen LogP contribution in [0.25, 0.3) is 0 Å². The van der Waals surface area contributed by atoms with E-state index in [4.69, 9.17) is 61.0 Å². The van der Waals surface area contributed by atoms with Crippen molar-refractivity contribution in [2.45, 2.75) is 268 Å². The molecule has 0 amide bonds. The minimum Gasteiger partial charge on any atom is -0.312 e. The first-order valence-corrected chi connectivity index (χ1v) is 32.3. The number of hydrogen-bond donors (Lipinski definition) is 0. The maximum absolute atomic E-state index is 8.15. The van der Waals surface area contributed by atoms with Crippen LogP contribution in [0.3, 0.4) is 0 Å². The zero-order valence-corrected chi connectivity index (χ0v) is 41.7. The molecule has 0 aromatic heterocycles. The second-order valence-electron chi connectivity index (χ2n) is 20.1. The Morgan fingerprint density at radius 1 is 0.283 bits per heavy atom. The third-order valence-corrected chi connectivity index (χ3v) is 27.2. The predicted octanol–water partition coefficient (Wildman–Crippen LogP) is 18.0. The van der Waals surface area contributed by atoms with Gasteiger partial charge in [-0.25, -0.2) is 0 Å². The molecule has 0 bridgehead atoms. The maximum atomic E-state index is 8.15. The standard InChI is InChI=1S/C44H81ClN4O7P4/c1-36-28-32-43(33-29-36)55-58(51-39-20-10-4-11-21-39)46-57(45,50-38-18-8-3-9-19-38)47-59(52-40-22-12-5-13-23-40,56-44-34-30-37(2)31-35-44)49-60(48-58,53-41-24-14-6-15-25-41)54-42-26-16-7-17-27-42/h36-44H,3-35H2,1-2H3. The molecule has 8 aliphatic rings. The highest BCUT2D eigenvalue weighted by Crippen LogP contribution is 2.84. The topological polar surface area (TPSA) is 114 Å². The summed E-state index contributed by atoms with van der Waals surface area (Å²) in [7, 11) is -11.0. The quantitative estimate of drug-likeness (QED) is 0.159. The minimum absolute atomic E-state index is 0.0594. The van der Waals surface area contributed by atoms with Gasteiger partial charge in [-0.05, 0) is 139 Å². The molecule has 7 saturated carbocycles. The number of nitrogens with zero attached hydrogens (tertiary/aromatic N) is 4. The molecule has 1 aliphatic heterocycles. The van der Waals surface area contributed by atoms with Crippen molar-refractivity contribution in [3.05, 3.63) is 0 Å². The molecule has 8 rings (SSSR count). The van der Waals surface area contributed by atoms with E-state index in [1.165, 1.54) is 32.1 Å². The SMILES string of the molecule is CC1CCC(OP2(OC3CCCCC3)=NP(Cl)(OC3CCCCC3)=NP(OC3CCCCC3)(OC3CCC(C)CC3)=NP(OC3CCCCC3)(OC3CCCCC3)=N2)CC1. The van der Waals surface area contributed by atoms with Gasteiger partial charge < -0.3 is 31.7 Å². The lowest BCUT2D eigenvalue weighted by Crippen LogP contribution is -2.24. The average Bonchev–Trinajstić information content (AvgIpc) is 3.24. The molecule has 7 aliphatic carbocycles. The fraction of sp³-hybridized carbons (Fsp3) is 1.00. The molecule has 0 aromatic rings. The lowest BCUT2D eigenvalue weighted by atomic mass is 9.89. The summed E-state index contributed by atoms with van der Waals surface area (Å²) in [6.07, 6.45) is 34.1. The molecule has 1 heterocycles. The fourth-order valence-corrected chi connectivity index (χ4v) is 25.8. The Kier molecular flexibility index (Phi) is 17.9. The van der Waals surface area contributed by atoms with E-state index in [9.17, 15) is 0 Å². The molecule has 0 aromatic carbocycles. The van der Waals surface area contributed by atoms with E-state index in [0.717, 1.165) is 180 Å². The average molecular weight is 938 g/mol. The maximum Gasteiger partial charge on any atom is 0.349 e. The summed E-state index contributed by atoms with van der Waals surface area (Å²) in [6, 6.07) is 0. The molecule has 60 heavy (non-hydrogen) atoms. The van der Waals surface area contributed by atoms with Crippen molar-refractivity contribution in [1.29, 1.82) is 0 Å². The first-order valence-electron chi connectivity index (χ1n) is 25.2. The molecular formula is C44H81ClN4O7P4. The summed E-state index contributed by atoms with van der Waals surface area (Å²) in [5.74, 6) is 1.31. The van der Waals surface area contributed by atoms with Crippen molar-refractivity contribution in [2.75, 3.05) is 0 Å². The molecule has 0 spiro atoms. The molecular weight excluding hydrogens is 856 g/mol. The van der Waals surface area contributed by atoms with Crippen LogP contribution in [0.4, 0.5) is 0 Å². The predicted molar refractivity (Wildman–Crippen MR) is 248 cm³/mol. The first kappa shape index (κ1) is 47.4. The third kappa shape index (κ3) is 13.7. The van der Waals surface area contributed by atoms with Crippen molar-refractivity contribution < 1.29 is 31.7 Å². The molecule has 7 fully saturated rings. The molecule has 11 nitrogen and oxygen atoms in total. The highest BCUT2D eigenvalue weighted by atomic mass is 35.7. The van der Waals surface area contributed by atoms with Gasteiger partial charge in [0.25, 0.3) is 0 Å². The van der Waals surface area contributed by atoms with Gasteiger partial charge in [0.2, 0.25) is 0 Å². The Labute approximate surface area is 369 Å². The van der Waals surface area contributed by atoms with E-state index in [2.05, 4.69) is 13.8 Å². The Morgan fingerprint density at radius 3 is 0.817 bits per heavy atom. The van der Waals surface area contributed by atoms with Crippen LogP contribution in [0.5, 0.6) is 0 Å². The van der Waals surface area contributed by atoms with Gasteiger partial charge in [-0.2, -0.15) is 9.03 Å². The summed E-state index contributed by atoms with van der Waals surface area (Å²) >= 11 is 8.15. The van der Waals surface area contributed by atoms with Crippen LogP contribution < -0.4 is 0 Å². The molecule has 3 atom stereocenters. The third-order valence-electron chi connectivity index (χ3n) is 14.6. The van der Waals surface area contributed by atoms with E-state index >= 15 is 0 Å². The second kappa shape index (κ2) is 22.6. The van der Waals surface area contributed by atoms with E-state index < -0.39 is 29.8 Å². The van der Waals surface area contributed by atoms with Gasteiger partial charge in [-0.3, -0.25) is 0 Å². The Morgan fingerprint density at radius 2 is 0.517 bits per heavy atom. The second-order valence-corrected chi connectivity index (χ2v) is 29.7. The number of rotatable bonds is 14. The largest absolute Gasteiger partial charge is 0.349 e. The van der Waals surface area contributed by atoms with E-state index in [1.807, 2.05) is 0 Å². The van der Waals surface area contributed by atoms with Crippen LogP contribution in [0.15, 0.2) is 18.1 Å². The fourth-order valence-electron chi connectivity index (χ4n) is 10.9. The van der Waals surface area contributed by atoms with Gasteiger partial charge in [-0.1, -0.05) is 110 Å². The van der Waals surface area contributed by atoms with Crippen LogP contribution >= 0.6 is 41.0 Å². The molecule has 0 radical (unpaired) electrons. The van der Waals surface area contributed by atoms with Crippen LogP contribution in [-0.2, 0) is 31.7 Å². The Bertz CT molecular complexity index is 1510. The van der Waals surface area contributed by atoms with Crippen molar-refractivity contribution in [3.8, 4) is 0 Å². The summed E-state index contributed by atoms with van der Waals surface area (Å²) in [5.41, 5.74) is 0. The van der Waals surface area contributed by atoms with Crippen molar-refractivity contribution in [3.63, 3.8) is 0 Å². The normalized spacial score (nSPS) is 38.7. The Hall–Kier alpha value is 0.930. The summed E-state index contributed by atoms with van der Waals surface area (Å²) in [5, 5.41) is 0. The van der Waals surface area contributed by atoms with Gasteiger partial charge >= 0.3 is 29.8 Å². The molecule has 3 unspecified atom stereocenters. The molecule has 0 N–H and O–H groups in total. The zero-order valence-electron chi connectivity index (χ0n) is 37.3. The highest BCUT2D eigenvalue weighted by Gasteiger charge is 2.48. The number of halogens is 1. The lowest BCUT2D eigenvalue weighted by molar-refractivity contribution is 0.0818. The van der Waals surface area contributed by atoms with E-state index in [0.29, 0.717) is 11.8 Å². The molecule has 346 valence electrons. The zero-order chi connectivity index (χ0) is 41.3. The first-order chi connectivity index (χ1) is 29.2. The summed E-state index contributed by atoms with van der Waals surface area (Å²) in [6.45, 7) is 1.06. The summed E-state index contributed by atoms with van der Waals surface area (Å²) in [4.78, 5) is 0. The van der Waals surface area contributed by atoms with Crippen LogP contribution in [0, 0.1) is 11.8 Å². The van der Waals surface area contributed by atoms with Crippen molar-refractivity contribution in [2.24, 2.45) is 29.9 Å². The summed E-state index contributed by atoms with van der Waals surface area (Å²) < 4.78 is 75.7. The number of hydrogen-bond acceptors (Lipinski definition) is 11. The van der Waals surface area contributed by atoms with E-state index in [1.54, 1.807) is 0 Å². The highest BCUT2D eigenvalue weighted by molar-refractivity contribution is 7.93. The van der Waals surface area contributed by atoms with Crippen LogP contribution in [0.2, 0.25) is 0 Å². The van der Waals surface area contributed by atoms with Crippen molar-refractivity contribution >= 4 is 41.0 Å². The smallest absolute Gasteiger partial charge is 0.312 e. The van der Waals surface area contributed by atoms with Crippen LogP contribution in [0.1, 0.15) is 226 Å². The molecule has 16 heteroatoms. The Balaban J connectivity index is 1.37. The monoisotopic (exact) mass is 936 g/mol. The minimum atomic E-state index is -3.67. The van der Waals surface area contributed by atoms with Gasteiger partial charge in [0.15, 0.2) is 0 Å².